The van der Waals surface area contributed by atoms with Gasteiger partial charge in [0, 0.05) is 6.61 Å². The predicted octanol–water partition coefficient (Wildman–Crippen LogP) is 2.42. The summed E-state index contributed by atoms with van der Waals surface area (Å²) in [7, 11) is 0. The van der Waals surface area contributed by atoms with Gasteiger partial charge in [-0.15, -0.1) is 0 Å². The Bertz CT molecular complexity index is 225. The number of rotatable bonds is 20. The summed E-state index contributed by atoms with van der Waals surface area (Å²) in [5.41, 5.74) is 0. The van der Waals surface area contributed by atoms with Crippen LogP contribution in [0.5, 0.6) is 0 Å². The molecule has 0 atom stereocenters. The SMILES string of the molecule is C=COCCOCCOCCOCCOCCOCCCCC. The maximum absolute atomic E-state index is 5.44. The van der Waals surface area contributed by atoms with Crippen LogP contribution >= 0.6 is 0 Å². The molecule has 6 nitrogen and oxygen atoms in total. The van der Waals surface area contributed by atoms with Crippen molar-refractivity contribution in [3.05, 3.63) is 12.8 Å². The Morgan fingerprint density at radius 3 is 1.35 bits per heavy atom. The Kier molecular flexibility index (Phi) is 20.7. The first-order valence-corrected chi connectivity index (χ1v) is 8.53. The highest BCUT2D eigenvalue weighted by molar-refractivity contribution is 4.47. The molecule has 0 rings (SSSR count). The monoisotopic (exact) mass is 334 g/mol. The maximum Gasteiger partial charge on any atom is 0.111 e. The molecule has 0 aliphatic heterocycles. The van der Waals surface area contributed by atoms with Crippen LogP contribution in [0.3, 0.4) is 0 Å². The summed E-state index contributed by atoms with van der Waals surface area (Å²) in [5.74, 6) is 0. The maximum atomic E-state index is 5.44. The third-order valence-electron chi connectivity index (χ3n) is 2.84. The van der Waals surface area contributed by atoms with Crippen molar-refractivity contribution < 1.29 is 28.4 Å². The smallest absolute Gasteiger partial charge is 0.111 e. The van der Waals surface area contributed by atoms with Gasteiger partial charge in [0.25, 0.3) is 0 Å². The van der Waals surface area contributed by atoms with Crippen LogP contribution in [0, 0.1) is 0 Å². The molecular weight excluding hydrogens is 300 g/mol. The molecule has 6 heteroatoms. The molecule has 0 spiro atoms. The first-order chi connectivity index (χ1) is 11.4. The first kappa shape index (κ1) is 22.3. The van der Waals surface area contributed by atoms with Crippen molar-refractivity contribution in [1.29, 1.82) is 0 Å². The van der Waals surface area contributed by atoms with Crippen LogP contribution in [0.25, 0.3) is 0 Å². The van der Waals surface area contributed by atoms with Crippen molar-refractivity contribution in [1.82, 2.24) is 0 Å². The second-order valence-electron chi connectivity index (χ2n) is 4.81. The van der Waals surface area contributed by atoms with Crippen molar-refractivity contribution in [2.75, 3.05) is 72.7 Å². The Labute approximate surface area is 141 Å². The van der Waals surface area contributed by atoms with Crippen LogP contribution in [0.4, 0.5) is 0 Å². The fourth-order valence-corrected chi connectivity index (χ4v) is 1.63. The van der Waals surface area contributed by atoms with Gasteiger partial charge in [0.05, 0.1) is 65.7 Å². The van der Waals surface area contributed by atoms with E-state index in [0.717, 1.165) is 13.0 Å². The summed E-state index contributed by atoms with van der Waals surface area (Å²) in [5, 5.41) is 0. The van der Waals surface area contributed by atoms with E-state index in [0.29, 0.717) is 66.1 Å². The molecule has 0 saturated carbocycles. The van der Waals surface area contributed by atoms with Gasteiger partial charge in [0.1, 0.15) is 6.61 Å². The van der Waals surface area contributed by atoms with Gasteiger partial charge >= 0.3 is 0 Å². The van der Waals surface area contributed by atoms with Gasteiger partial charge in [0.2, 0.25) is 0 Å². The lowest BCUT2D eigenvalue weighted by molar-refractivity contribution is -0.0137. The summed E-state index contributed by atoms with van der Waals surface area (Å²) < 4.78 is 31.8. The highest BCUT2D eigenvalue weighted by Crippen LogP contribution is 1.93. The average Bonchev–Trinajstić information content (AvgIpc) is 2.57. The number of hydrogen-bond acceptors (Lipinski definition) is 6. The quantitative estimate of drug-likeness (QED) is 0.252. The Hall–Kier alpha value is -0.660. The molecule has 0 aliphatic carbocycles. The molecule has 0 aromatic heterocycles. The zero-order valence-electron chi connectivity index (χ0n) is 14.6. The van der Waals surface area contributed by atoms with E-state index in [1.54, 1.807) is 0 Å². The van der Waals surface area contributed by atoms with Crippen molar-refractivity contribution in [3.8, 4) is 0 Å². The summed E-state index contributed by atoms with van der Waals surface area (Å²) in [4.78, 5) is 0. The standard InChI is InChI=1S/C17H34O6/c1-3-5-6-7-19-10-11-21-14-15-23-17-16-22-13-12-20-9-8-18-4-2/h4H,2-3,5-17H2,1H3. The second-order valence-corrected chi connectivity index (χ2v) is 4.81. The lowest BCUT2D eigenvalue weighted by Gasteiger charge is -2.08. The van der Waals surface area contributed by atoms with Crippen LogP contribution in [0.15, 0.2) is 12.8 Å². The molecule has 0 unspecified atom stereocenters. The summed E-state index contributed by atoms with van der Waals surface area (Å²) in [6.45, 7) is 12.2. The molecular formula is C17H34O6. The van der Waals surface area contributed by atoms with Crippen molar-refractivity contribution in [3.63, 3.8) is 0 Å². The molecule has 0 fully saturated rings. The minimum Gasteiger partial charge on any atom is -0.499 e. The zero-order valence-corrected chi connectivity index (χ0v) is 14.6. The molecule has 23 heavy (non-hydrogen) atoms. The van der Waals surface area contributed by atoms with Gasteiger partial charge in [-0.3, -0.25) is 0 Å². The zero-order chi connectivity index (χ0) is 16.8. The average molecular weight is 334 g/mol. The fraction of sp³-hybridized carbons (Fsp3) is 0.882. The Morgan fingerprint density at radius 2 is 0.957 bits per heavy atom. The topological polar surface area (TPSA) is 55.4 Å². The number of hydrogen-bond donors (Lipinski definition) is 0. The van der Waals surface area contributed by atoms with Gasteiger partial charge in [-0.25, -0.2) is 0 Å². The summed E-state index contributed by atoms with van der Waals surface area (Å²) >= 11 is 0. The van der Waals surface area contributed by atoms with E-state index in [-0.39, 0.29) is 0 Å². The molecule has 138 valence electrons. The van der Waals surface area contributed by atoms with E-state index >= 15 is 0 Å². The normalized spacial score (nSPS) is 10.8. The van der Waals surface area contributed by atoms with Crippen LogP contribution in [0.1, 0.15) is 26.2 Å². The van der Waals surface area contributed by atoms with Crippen LogP contribution in [-0.2, 0) is 28.4 Å². The molecule has 0 saturated heterocycles. The minimum absolute atomic E-state index is 0.524. The first-order valence-electron chi connectivity index (χ1n) is 8.53. The molecule has 0 aromatic carbocycles. The molecule has 0 amide bonds. The molecule has 0 bridgehead atoms. The van der Waals surface area contributed by atoms with E-state index in [4.69, 9.17) is 28.4 Å². The highest BCUT2D eigenvalue weighted by atomic mass is 16.6. The van der Waals surface area contributed by atoms with E-state index in [9.17, 15) is 0 Å². The van der Waals surface area contributed by atoms with Crippen molar-refractivity contribution >= 4 is 0 Å². The van der Waals surface area contributed by atoms with Crippen LogP contribution in [0.2, 0.25) is 0 Å². The predicted molar refractivity (Wildman–Crippen MR) is 89.8 cm³/mol. The van der Waals surface area contributed by atoms with E-state index in [1.807, 2.05) is 0 Å². The summed E-state index contributed by atoms with van der Waals surface area (Å²) in [6, 6.07) is 0. The van der Waals surface area contributed by atoms with Gasteiger partial charge in [-0.1, -0.05) is 26.3 Å². The third-order valence-corrected chi connectivity index (χ3v) is 2.84. The third kappa shape index (κ3) is 21.3. The van der Waals surface area contributed by atoms with E-state index < -0.39 is 0 Å². The molecule has 0 aliphatic rings. The number of unbranched alkanes of at least 4 members (excludes halogenated alkanes) is 2. The molecule has 0 N–H and O–H groups in total. The second kappa shape index (κ2) is 21.3. The lowest BCUT2D eigenvalue weighted by atomic mass is 10.3. The van der Waals surface area contributed by atoms with Crippen LogP contribution < -0.4 is 0 Å². The van der Waals surface area contributed by atoms with Crippen molar-refractivity contribution in [2.45, 2.75) is 26.2 Å². The largest absolute Gasteiger partial charge is 0.499 e. The van der Waals surface area contributed by atoms with Crippen molar-refractivity contribution in [2.24, 2.45) is 0 Å². The van der Waals surface area contributed by atoms with Gasteiger partial charge in [-0.2, -0.15) is 0 Å². The Balaban J connectivity index is 2.93. The lowest BCUT2D eigenvalue weighted by Crippen LogP contribution is -2.13. The Morgan fingerprint density at radius 1 is 0.565 bits per heavy atom. The van der Waals surface area contributed by atoms with Crippen LogP contribution in [-0.4, -0.2) is 72.7 Å². The summed E-state index contributed by atoms with van der Waals surface area (Å²) in [6.07, 6.45) is 4.99. The molecule has 0 heterocycles. The fourth-order valence-electron chi connectivity index (χ4n) is 1.63. The van der Waals surface area contributed by atoms with Gasteiger partial charge in [0.15, 0.2) is 0 Å². The van der Waals surface area contributed by atoms with E-state index in [1.165, 1.54) is 19.1 Å². The van der Waals surface area contributed by atoms with Gasteiger partial charge in [-0.05, 0) is 6.42 Å². The highest BCUT2D eigenvalue weighted by Gasteiger charge is 1.93. The molecule has 0 radical (unpaired) electrons. The number of ether oxygens (including phenoxy) is 6. The minimum atomic E-state index is 0.524. The van der Waals surface area contributed by atoms with E-state index in [2.05, 4.69) is 13.5 Å². The molecule has 0 aromatic rings. The van der Waals surface area contributed by atoms with Gasteiger partial charge < -0.3 is 28.4 Å².